The fourth-order valence-corrected chi connectivity index (χ4v) is 3.04. The van der Waals surface area contributed by atoms with E-state index in [1.54, 1.807) is 0 Å². The van der Waals surface area contributed by atoms with Crippen LogP contribution >= 0.6 is 0 Å². The molecule has 2 nitrogen and oxygen atoms in total. The molecule has 0 bridgehead atoms. The molecule has 0 saturated heterocycles. The van der Waals surface area contributed by atoms with Crippen molar-refractivity contribution in [2.45, 2.75) is 105 Å². The lowest BCUT2D eigenvalue weighted by molar-refractivity contribution is -0.134. The Morgan fingerprint density at radius 2 is 1.36 bits per heavy atom. The SMILES string of the molecule is CCCCCCCC(=O)Oc1c(C(C)(C)C)cc(C)cc1C(C)(C)C. The maximum Gasteiger partial charge on any atom is 0.311 e. The van der Waals surface area contributed by atoms with Gasteiger partial charge in [-0.25, -0.2) is 0 Å². The van der Waals surface area contributed by atoms with Crippen molar-refractivity contribution in [2.75, 3.05) is 0 Å². The van der Waals surface area contributed by atoms with Crippen molar-refractivity contribution in [3.05, 3.63) is 28.8 Å². The lowest BCUT2D eigenvalue weighted by Gasteiger charge is -2.29. The molecule has 0 aliphatic rings. The Kier molecular flexibility index (Phi) is 7.71. The summed E-state index contributed by atoms with van der Waals surface area (Å²) in [7, 11) is 0. The van der Waals surface area contributed by atoms with E-state index in [2.05, 4.69) is 67.5 Å². The van der Waals surface area contributed by atoms with E-state index in [0.717, 1.165) is 29.7 Å². The molecular weight excluding hydrogens is 308 g/mol. The van der Waals surface area contributed by atoms with Crippen LogP contribution in [0.15, 0.2) is 12.1 Å². The Labute approximate surface area is 155 Å². The number of benzene rings is 1. The standard InChI is InChI=1S/C23H38O2/c1-9-10-11-12-13-14-20(24)25-21-18(22(3,4)5)15-17(2)16-19(21)23(6,7)8/h15-16H,9-14H2,1-8H3. The van der Waals surface area contributed by atoms with Crippen LogP contribution in [0, 0.1) is 6.92 Å². The average molecular weight is 347 g/mol. The van der Waals surface area contributed by atoms with Gasteiger partial charge in [0.1, 0.15) is 5.75 Å². The van der Waals surface area contributed by atoms with E-state index in [0.29, 0.717) is 6.42 Å². The number of hydrogen-bond donors (Lipinski definition) is 0. The summed E-state index contributed by atoms with van der Waals surface area (Å²) >= 11 is 0. The molecule has 25 heavy (non-hydrogen) atoms. The molecule has 0 unspecified atom stereocenters. The molecule has 0 fully saturated rings. The van der Waals surface area contributed by atoms with Crippen LogP contribution in [0.25, 0.3) is 0 Å². The number of carbonyl (C=O) groups is 1. The molecule has 0 N–H and O–H groups in total. The van der Waals surface area contributed by atoms with Crippen LogP contribution < -0.4 is 4.74 Å². The second kappa shape index (κ2) is 8.87. The first kappa shape index (κ1) is 21.7. The fourth-order valence-electron chi connectivity index (χ4n) is 3.04. The molecular formula is C23H38O2. The molecule has 1 aromatic carbocycles. The minimum Gasteiger partial charge on any atom is -0.426 e. The number of rotatable bonds is 7. The normalized spacial score (nSPS) is 12.3. The highest BCUT2D eigenvalue weighted by Gasteiger charge is 2.28. The maximum atomic E-state index is 12.5. The summed E-state index contributed by atoms with van der Waals surface area (Å²) in [6, 6.07) is 4.33. The van der Waals surface area contributed by atoms with Gasteiger partial charge in [-0.05, 0) is 24.2 Å². The van der Waals surface area contributed by atoms with Crippen LogP contribution in [0.3, 0.4) is 0 Å². The maximum absolute atomic E-state index is 12.5. The zero-order valence-electron chi connectivity index (χ0n) is 17.7. The summed E-state index contributed by atoms with van der Waals surface area (Å²) in [6.07, 6.45) is 6.20. The highest BCUT2D eigenvalue weighted by atomic mass is 16.5. The summed E-state index contributed by atoms with van der Waals surface area (Å²) in [5.41, 5.74) is 3.33. The Morgan fingerprint density at radius 3 is 1.80 bits per heavy atom. The predicted octanol–water partition coefficient (Wildman–Crippen LogP) is 6.86. The second-order valence-electron chi connectivity index (χ2n) is 9.33. The van der Waals surface area contributed by atoms with Crippen molar-refractivity contribution in [3.63, 3.8) is 0 Å². The van der Waals surface area contributed by atoms with Crippen LogP contribution in [0.5, 0.6) is 5.75 Å². The van der Waals surface area contributed by atoms with E-state index in [9.17, 15) is 4.79 Å². The Morgan fingerprint density at radius 1 is 0.880 bits per heavy atom. The fraction of sp³-hybridized carbons (Fsp3) is 0.696. The van der Waals surface area contributed by atoms with Crippen LogP contribution in [0.4, 0.5) is 0 Å². The van der Waals surface area contributed by atoms with Gasteiger partial charge in [-0.2, -0.15) is 0 Å². The summed E-state index contributed by atoms with van der Waals surface area (Å²) in [6.45, 7) is 17.4. The van der Waals surface area contributed by atoms with Crippen LogP contribution in [-0.4, -0.2) is 5.97 Å². The smallest absolute Gasteiger partial charge is 0.311 e. The van der Waals surface area contributed by atoms with Crippen LogP contribution in [0.2, 0.25) is 0 Å². The topological polar surface area (TPSA) is 26.3 Å². The van der Waals surface area contributed by atoms with Gasteiger partial charge >= 0.3 is 5.97 Å². The molecule has 1 aromatic rings. The number of esters is 1. The largest absolute Gasteiger partial charge is 0.426 e. The highest BCUT2D eigenvalue weighted by Crippen LogP contribution is 2.40. The lowest BCUT2D eigenvalue weighted by atomic mass is 9.78. The first-order valence-corrected chi connectivity index (χ1v) is 9.83. The zero-order chi connectivity index (χ0) is 19.3. The zero-order valence-corrected chi connectivity index (χ0v) is 17.7. The van der Waals surface area contributed by atoms with Gasteiger partial charge in [0.15, 0.2) is 0 Å². The molecule has 0 amide bonds. The molecule has 1 rings (SSSR count). The number of unbranched alkanes of at least 4 members (excludes halogenated alkanes) is 4. The van der Waals surface area contributed by atoms with Crippen molar-refractivity contribution < 1.29 is 9.53 Å². The molecule has 0 aliphatic carbocycles. The molecule has 0 radical (unpaired) electrons. The van der Waals surface area contributed by atoms with Crippen molar-refractivity contribution in [1.82, 2.24) is 0 Å². The summed E-state index contributed by atoms with van der Waals surface area (Å²) in [4.78, 5) is 12.5. The Balaban J connectivity index is 3.05. The first-order chi connectivity index (χ1) is 11.5. The van der Waals surface area contributed by atoms with Gasteiger partial charge < -0.3 is 4.74 Å². The summed E-state index contributed by atoms with van der Waals surface area (Å²) < 4.78 is 5.95. The molecule has 0 heterocycles. The number of hydrogen-bond acceptors (Lipinski definition) is 2. The van der Waals surface area contributed by atoms with E-state index < -0.39 is 0 Å². The molecule has 0 aliphatic heterocycles. The monoisotopic (exact) mass is 346 g/mol. The van der Waals surface area contributed by atoms with E-state index >= 15 is 0 Å². The number of carbonyl (C=O) groups excluding carboxylic acids is 1. The lowest BCUT2D eigenvalue weighted by Crippen LogP contribution is -2.22. The van der Waals surface area contributed by atoms with Crippen molar-refractivity contribution in [1.29, 1.82) is 0 Å². The van der Waals surface area contributed by atoms with E-state index in [1.165, 1.54) is 24.8 Å². The Hall–Kier alpha value is -1.31. The molecule has 0 aromatic heterocycles. The van der Waals surface area contributed by atoms with Gasteiger partial charge in [0, 0.05) is 17.5 Å². The second-order valence-corrected chi connectivity index (χ2v) is 9.33. The van der Waals surface area contributed by atoms with Gasteiger partial charge in [-0.1, -0.05) is 91.8 Å². The van der Waals surface area contributed by atoms with Gasteiger partial charge in [0.2, 0.25) is 0 Å². The third-order valence-electron chi connectivity index (χ3n) is 4.55. The molecule has 0 saturated carbocycles. The van der Waals surface area contributed by atoms with E-state index in [1.807, 2.05) is 0 Å². The molecule has 142 valence electrons. The van der Waals surface area contributed by atoms with Gasteiger partial charge in [-0.3, -0.25) is 4.79 Å². The minimum absolute atomic E-state index is 0.0667. The molecule has 0 spiro atoms. The van der Waals surface area contributed by atoms with Crippen LogP contribution in [0.1, 0.15) is 104 Å². The summed E-state index contributed by atoms with van der Waals surface area (Å²) in [5, 5.41) is 0. The molecule has 0 atom stereocenters. The number of aryl methyl sites for hydroxylation is 1. The molecule has 2 heteroatoms. The van der Waals surface area contributed by atoms with Gasteiger partial charge in [-0.15, -0.1) is 0 Å². The number of ether oxygens (including phenoxy) is 1. The predicted molar refractivity (Wildman–Crippen MR) is 108 cm³/mol. The van der Waals surface area contributed by atoms with Crippen molar-refractivity contribution >= 4 is 5.97 Å². The van der Waals surface area contributed by atoms with Crippen molar-refractivity contribution in [3.8, 4) is 5.75 Å². The Bertz CT molecular complexity index is 536. The van der Waals surface area contributed by atoms with Gasteiger partial charge in [0.05, 0.1) is 0 Å². The first-order valence-electron chi connectivity index (χ1n) is 9.83. The highest BCUT2D eigenvalue weighted by molar-refractivity contribution is 5.74. The third-order valence-corrected chi connectivity index (χ3v) is 4.55. The van der Waals surface area contributed by atoms with E-state index in [-0.39, 0.29) is 16.8 Å². The quantitative estimate of drug-likeness (QED) is 0.306. The minimum atomic E-state index is -0.101. The van der Waals surface area contributed by atoms with Crippen molar-refractivity contribution in [2.24, 2.45) is 0 Å². The van der Waals surface area contributed by atoms with E-state index in [4.69, 9.17) is 4.74 Å². The third kappa shape index (κ3) is 6.84. The summed E-state index contributed by atoms with van der Waals surface area (Å²) in [5.74, 6) is 0.681. The van der Waals surface area contributed by atoms with Crippen LogP contribution in [-0.2, 0) is 15.6 Å². The van der Waals surface area contributed by atoms with Gasteiger partial charge in [0.25, 0.3) is 0 Å². The average Bonchev–Trinajstić information content (AvgIpc) is 2.46.